The van der Waals surface area contributed by atoms with Crippen molar-refractivity contribution in [2.75, 3.05) is 18.0 Å². The molecule has 4 aromatic carbocycles. The molecule has 0 fully saturated rings. The van der Waals surface area contributed by atoms with E-state index < -0.39 is 28.5 Å². The summed E-state index contributed by atoms with van der Waals surface area (Å²) in [6.45, 7) is 1.56. The molecule has 0 spiro atoms. The van der Waals surface area contributed by atoms with Gasteiger partial charge in [-0.1, -0.05) is 84.9 Å². The minimum atomic E-state index is -4.06. The Kier molecular flexibility index (Phi) is 7.71. The number of carbonyl (C=O) groups excluding carboxylic acids is 1. The molecule has 0 saturated carbocycles. The van der Waals surface area contributed by atoms with Gasteiger partial charge >= 0.3 is 0 Å². The Balaban J connectivity index is 1.72. The van der Waals surface area contributed by atoms with Gasteiger partial charge in [-0.15, -0.1) is 0 Å². The van der Waals surface area contributed by atoms with E-state index in [9.17, 15) is 13.2 Å². The Morgan fingerprint density at radius 2 is 1.42 bits per heavy atom. The second-order valence-corrected chi connectivity index (χ2v) is 10.1. The fourth-order valence-corrected chi connectivity index (χ4v) is 5.54. The van der Waals surface area contributed by atoms with Crippen LogP contribution >= 0.6 is 0 Å². The van der Waals surface area contributed by atoms with Crippen molar-refractivity contribution < 1.29 is 17.9 Å². The van der Waals surface area contributed by atoms with Gasteiger partial charge in [0.1, 0.15) is 12.3 Å². The topological polar surface area (TPSA) is 75.7 Å². The molecule has 4 aromatic rings. The van der Waals surface area contributed by atoms with E-state index in [0.717, 1.165) is 21.0 Å². The lowest BCUT2D eigenvalue weighted by Gasteiger charge is -2.27. The first kappa shape index (κ1) is 25.0. The third kappa shape index (κ3) is 5.42. The number of hydrogen-bond donors (Lipinski definition) is 1. The zero-order valence-electron chi connectivity index (χ0n) is 20.2. The van der Waals surface area contributed by atoms with E-state index in [4.69, 9.17) is 4.74 Å². The first-order valence-electron chi connectivity index (χ1n) is 11.5. The van der Waals surface area contributed by atoms with Crippen molar-refractivity contribution >= 4 is 21.6 Å². The number of rotatable bonds is 9. The standard InChI is InChI=1S/C29H28N2O4S/c1-22-13-9-10-18-25(22)29(23-14-5-3-6-15-23)30-28(32)21-31(26-19-11-12-20-27(26)35-2)36(33,34)24-16-7-4-8-17-24/h3-20,29H,21H2,1-2H3,(H,30,32)/t29-/m0/s1. The highest BCUT2D eigenvalue weighted by molar-refractivity contribution is 7.92. The van der Waals surface area contributed by atoms with Crippen molar-refractivity contribution in [1.82, 2.24) is 5.32 Å². The number of sulfonamides is 1. The van der Waals surface area contributed by atoms with E-state index in [1.54, 1.807) is 42.5 Å². The van der Waals surface area contributed by atoms with E-state index in [-0.39, 0.29) is 10.6 Å². The number of methoxy groups -OCH3 is 1. The van der Waals surface area contributed by atoms with Crippen molar-refractivity contribution in [2.24, 2.45) is 0 Å². The molecular weight excluding hydrogens is 472 g/mol. The van der Waals surface area contributed by atoms with E-state index in [0.29, 0.717) is 5.75 Å². The number of benzene rings is 4. The van der Waals surface area contributed by atoms with Gasteiger partial charge in [0, 0.05) is 0 Å². The van der Waals surface area contributed by atoms with Crippen LogP contribution in [-0.2, 0) is 14.8 Å². The fraction of sp³-hybridized carbons (Fsp3) is 0.138. The molecule has 0 bridgehead atoms. The van der Waals surface area contributed by atoms with Crippen LogP contribution in [0.2, 0.25) is 0 Å². The van der Waals surface area contributed by atoms with Gasteiger partial charge in [-0.25, -0.2) is 8.42 Å². The van der Waals surface area contributed by atoms with Crippen LogP contribution in [0.4, 0.5) is 5.69 Å². The lowest BCUT2D eigenvalue weighted by atomic mass is 9.95. The van der Waals surface area contributed by atoms with Crippen LogP contribution in [0.15, 0.2) is 114 Å². The average Bonchev–Trinajstić information content (AvgIpc) is 2.92. The molecule has 0 aliphatic rings. The monoisotopic (exact) mass is 500 g/mol. The summed E-state index contributed by atoms with van der Waals surface area (Å²) >= 11 is 0. The van der Waals surface area contributed by atoms with E-state index in [1.807, 2.05) is 61.5 Å². The molecule has 184 valence electrons. The van der Waals surface area contributed by atoms with Crippen molar-refractivity contribution in [3.63, 3.8) is 0 Å². The van der Waals surface area contributed by atoms with Crippen LogP contribution in [0.5, 0.6) is 5.75 Å². The molecule has 0 heterocycles. The molecule has 0 saturated heterocycles. The van der Waals surface area contributed by atoms with Crippen molar-refractivity contribution in [2.45, 2.75) is 17.9 Å². The number of hydrogen-bond acceptors (Lipinski definition) is 4. The first-order chi connectivity index (χ1) is 17.4. The summed E-state index contributed by atoms with van der Waals surface area (Å²) in [6.07, 6.45) is 0. The molecule has 0 radical (unpaired) electrons. The lowest BCUT2D eigenvalue weighted by molar-refractivity contribution is -0.120. The van der Waals surface area contributed by atoms with Crippen LogP contribution in [0, 0.1) is 6.92 Å². The molecule has 4 rings (SSSR count). The Morgan fingerprint density at radius 1 is 0.833 bits per heavy atom. The van der Waals surface area contributed by atoms with Crippen LogP contribution in [0.3, 0.4) is 0 Å². The highest BCUT2D eigenvalue weighted by Gasteiger charge is 2.30. The van der Waals surface area contributed by atoms with Gasteiger partial charge in [0.25, 0.3) is 10.0 Å². The Labute approximate surface area is 212 Å². The molecule has 1 atom stereocenters. The normalized spacial score (nSPS) is 11.9. The van der Waals surface area contributed by atoms with Crippen LogP contribution in [0.25, 0.3) is 0 Å². The Bertz CT molecular complexity index is 1420. The highest BCUT2D eigenvalue weighted by atomic mass is 32.2. The number of nitrogens with zero attached hydrogens (tertiary/aromatic N) is 1. The predicted octanol–water partition coefficient (Wildman–Crippen LogP) is 5.10. The first-order valence-corrected chi connectivity index (χ1v) is 13.0. The van der Waals surface area contributed by atoms with Crippen molar-refractivity contribution in [3.05, 3.63) is 126 Å². The van der Waals surface area contributed by atoms with E-state index in [1.165, 1.54) is 19.2 Å². The number of anilines is 1. The van der Waals surface area contributed by atoms with Gasteiger partial charge in [0.2, 0.25) is 5.91 Å². The second-order valence-electron chi connectivity index (χ2n) is 8.26. The maximum Gasteiger partial charge on any atom is 0.264 e. The quantitative estimate of drug-likeness (QED) is 0.347. The smallest absolute Gasteiger partial charge is 0.264 e. The van der Waals surface area contributed by atoms with Gasteiger partial charge in [-0.3, -0.25) is 9.10 Å². The number of aryl methyl sites for hydroxylation is 1. The number of carbonyl (C=O) groups is 1. The maximum atomic E-state index is 13.7. The van der Waals surface area contributed by atoms with Gasteiger partial charge in [0.15, 0.2) is 0 Å². The summed E-state index contributed by atoms with van der Waals surface area (Å²) in [7, 11) is -2.59. The molecular formula is C29H28N2O4S. The number of para-hydroxylation sites is 2. The largest absolute Gasteiger partial charge is 0.495 e. The van der Waals surface area contributed by atoms with E-state index >= 15 is 0 Å². The fourth-order valence-electron chi connectivity index (χ4n) is 4.09. The molecule has 36 heavy (non-hydrogen) atoms. The van der Waals surface area contributed by atoms with Crippen LogP contribution < -0.4 is 14.4 Å². The molecule has 0 aliphatic heterocycles. The summed E-state index contributed by atoms with van der Waals surface area (Å²) < 4.78 is 33.9. The zero-order chi connectivity index (χ0) is 25.5. The summed E-state index contributed by atoms with van der Waals surface area (Å²) in [5.41, 5.74) is 3.14. The SMILES string of the molecule is COc1ccccc1N(CC(=O)N[C@@H](c1ccccc1)c1ccccc1C)S(=O)(=O)c1ccccc1. The summed E-state index contributed by atoms with van der Waals surface area (Å²) in [4.78, 5) is 13.6. The molecule has 1 N–H and O–H groups in total. The third-order valence-corrected chi connectivity index (χ3v) is 7.68. The molecule has 6 nitrogen and oxygen atoms in total. The summed E-state index contributed by atoms with van der Waals surface area (Å²) in [6, 6.07) is 31.8. The van der Waals surface area contributed by atoms with Crippen molar-refractivity contribution in [1.29, 1.82) is 0 Å². The summed E-state index contributed by atoms with van der Waals surface area (Å²) in [5, 5.41) is 3.07. The highest BCUT2D eigenvalue weighted by Crippen LogP contribution is 2.32. The molecule has 0 aromatic heterocycles. The second kappa shape index (κ2) is 11.1. The van der Waals surface area contributed by atoms with Crippen LogP contribution in [0.1, 0.15) is 22.7 Å². The molecule has 0 unspecified atom stereocenters. The van der Waals surface area contributed by atoms with Crippen LogP contribution in [-0.4, -0.2) is 28.0 Å². The molecule has 0 aliphatic carbocycles. The third-order valence-electron chi connectivity index (χ3n) is 5.91. The lowest BCUT2D eigenvalue weighted by Crippen LogP contribution is -2.42. The molecule has 1 amide bonds. The Morgan fingerprint density at radius 3 is 2.08 bits per heavy atom. The van der Waals surface area contributed by atoms with Gasteiger partial charge in [-0.05, 0) is 47.9 Å². The average molecular weight is 501 g/mol. The van der Waals surface area contributed by atoms with Crippen molar-refractivity contribution in [3.8, 4) is 5.75 Å². The van der Waals surface area contributed by atoms with E-state index in [2.05, 4.69) is 5.32 Å². The van der Waals surface area contributed by atoms with Gasteiger partial charge in [0.05, 0.1) is 23.7 Å². The zero-order valence-corrected chi connectivity index (χ0v) is 21.0. The minimum Gasteiger partial charge on any atom is -0.495 e. The minimum absolute atomic E-state index is 0.0854. The maximum absolute atomic E-state index is 13.7. The number of amides is 1. The van der Waals surface area contributed by atoms with Gasteiger partial charge < -0.3 is 10.1 Å². The number of ether oxygens (including phenoxy) is 1. The Hall–Kier alpha value is -4.10. The van der Waals surface area contributed by atoms with Gasteiger partial charge in [-0.2, -0.15) is 0 Å². The molecule has 7 heteroatoms. The summed E-state index contributed by atoms with van der Waals surface area (Å²) in [5.74, 6) is -0.0964. The number of nitrogens with one attached hydrogen (secondary N) is 1. The predicted molar refractivity (Wildman–Crippen MR) is 142 cm³/mol.